The molecule has 0 unspecified atom stereocenters. The lowest BCUT2D eigenvalue weighted by Gasteiger charge is -2.22. The SMILES string of the molecule is O=C(CCc1cccc(F)c1)N(Cc1ccccc1)Cc1ccco1. The molecule has 0 aliphatic heterocycles. The van der Waals surface area contributed by atoms with Crippen molar-refractivity contribution in [3.05, 3.63) is 95.7 Å². The summed E-state index contributed by atoms with van der Waals surface area (Å²) < 4.78 is 18.7. The van der Waals surface area contributed by atoms with Gasteiger partial charge in [0.15, 0.2) is 0 Å². The molecule has 1 heterocycles. The third-order valence-electron chi connectivity index (χ3n) is 4.01. The Balaban J connectivity index is 1.67. The summed E-state index contributed by atoms with van der Waals surface area (Å²) in [7, 11) is 0. The minimum Gasteiger partial charge on any atom is -0.467 e. The van der Waals surface area contributed by atoms with Gasteiger partial charge in [0, 0.05) is 13.0 Å². The van der Waals surface area contributed by atoms with Gasteiger partial charge in [-0.25, -0.2) is 4.39 Å². The van der Waals surface area contributed by atoms with E-state index in [4.69, 9.17) is 4.42 Å². The molecule has 0 fully saturated rings. The van der Waals surface area contributed by atoms with Gasteiger partial charge in [-0.3, -0.25) is 4.79 Å². The normalized spacial score (nSPS) is 10.6. The second-order valence-electron chi connectivity index (χ2n) is 5.94. The Morgan fingerprint density at radius 3 is 2.44 bits per heavy atom. The van der Waals surface area contributed by atoms with E-state index in [0.29, 0.717) is 25.9 Å². The van der Waals surface area contributed by atoms with Crippen molar-refractivity contribution in [1.82, 2.24) is 4.90 Å². The number of aryl methyl sites for hydroxylation is 1. The minimum absolute atomic E-state index is 0.0181. The lowest BCUT2D eigenvalue weighted by atomic mass is 10.1. The molecule has 3 nitrogen and oxygen atoms in total. The molecule has 25 heavy (non-hydrogen) atoms. The van der Waals surface area contributed by atoms with Gasteiger partial charge in [-0.2, -0.15) is 0 Å². The number of carbonyl (C=O) groups is 1. The van der Waals surface area contributed by atoms with E-state index in [1.54, 1.807) is 17.2 Å². The van der Waals surface area contributed by atoms with Crippen LogP contribution in [0.5, 0.6) is 0 Å². The van der Waals surface area contributed by atoms with Crippen molar-refractivity contribution in [2.45, 2.75) is 25.9 Å². The maximum absolute atomic E-state index is 13.3. The monoisotopic (exact) mass is 337 g/mol. The lowest BCUT2D eigenvalue weighted by Crippen LogP contribution is -2.30. The smallest absolute Gasteiger partial charge is 0.223 e. The molecule has 0 aliphatic rings. The summed E-state index contributed by atoms with van der Waals surface area (Å²) >= 11 is 0. The molecule has 0 saturated heterocycles. The summed E-state index contributed by atoms with van der Waals surface area (Å²) in [4.78, 5) is 14.5. The van der Waals surface area contributed by atoms with E-state index >= 15 is 0 Å². The predicted molar refractivity (Wildman–Crippen MR) is 94.1 cm³/mol. The number of rotatable bonds is 7. The first-order chi connectivity index (χ1) is 12.2. The number of furan rings is 1. The van der Waals surface area contributed by atoms with Crippen molar-refractivity contribution in [3.8, 4) is 0 Å². The van der Waals surface area contributed by atoms with E-state index < -0.39 is 0 Å². The van der Waals surface area contributed by atoms with E-state index in [0.717, 1.165) is 16.9 Å². The summed E-state index contributed by atoms with van der Waals surface area (Å²) in [5, 5.41) is 0. The van der Waals surface area contributed by atoms with Crippen LogP contribution in [0.25, 0.3) is 0 Å². The Morgan fingerprint density at radius 1 is 0.920 bits per heavy atom. The molecule has 128 valence electrons. The zero-order valence-corrected chi connectivity index (χ0v) is 13.9. The molecule has 4 heteroatoms. The van der Waals surface area contributed by atoms with Gasteiger partial charge in [0.1, 0.15) is 11.6 Å². The highest BCUT2D eigenvalue weighted by Gasteiger charge is 2.16. The second kappa shape index (κ2) is 8.29. The fraction of sp³-hybridized carbons (Fsp3) is 0.190. The molecule has 0 saturated carbocycles. The second-order valence-corrected chi connectivity index (χ2v) is 5.94. The molecule has 1 aromatic heterocycles. The summed E-state index contributed by atoms with van der Waals surface area (Å²) in [6.45, 7) is 0.938. The molecule has 3 aromatic rings. The molecule has 0 spiro atoms. The average molecular weight is 337 g/mol. The summed E-state index contributed by atoms with van der Waals surface area (Å²) in [6.07, 6.45) is 2.45. The predicted octanol–water partition coefficient (Wildman–Crippen LogP) is 4.58. The lowest BCUT2D eigenvalue weighted by molar-refractivity contribution is -0.132. The zero-order chi connectivity index (χ0) is 17.5. The third-order valence-corrected chi connectivity index (χ3v) is 4.01. The first-order valence-electron chi connectivity index (χ1n) is 8.29. The van der Waals surface area contributed by atoms with Gasteiger partial charge in [-0.15, -0.1) is 0 Å². The molecular weight excluding hydrogens is 317 g/mol. The topological polar surface area (TPSA) is 33.5 Å². The Hall–Kier alpha value is -2.88. The Labute approximate surface area is 146 Å². The zero-order valence-electron chi connectivity index (χ0n) is 13.9. The van der Waals surface area contributed by atoms with Crippen LogP contribution in [0.4, 0.5) is 4.39 Å². The molecule has 0 aliphatic carbocycles. The van der Waals surface area contributed by atoms with Gasteiger partial charge in [-0.05, 0) is 41.8 Å². The minimum atomic E-state index is -0.276. The number of nitrogens with zero attached hydrogens (tertiary/aromatic N) is 1. The maximum Gasteiger partial charge on any atom is 0.223 e. The summed E-state index contributed by atoms with van der Waals surface area (Å²) in [6, 6.07) is 19.9. The van der Waals surface area contributed by atoms with Crippen LogP contribution in [0.2, 0.25) is 0 Å². The van der Waals surface area contributed by atoms with Crippen LogP contribution in [-0.4, -0.2) is 10.8 Å². The van der Waals surface area contributed by atoms with Crippen molar-refractivity contribution in [3.63, 3.8) is 0 Å². The van der Waals surface area contributed by atoms with Gasteiger partial charge in [-0.1, -0.05) is 42.5 Å². The Kier molecular flexibility index (Phi) is 5.62. The highest BCUT2D eigenvalue weighted by atomic mass is 19.1. The van der Waals surface area contributed by atoms with Crippen LogP contribution in [0.1, 0.15) is 23.3 Å². The molecule has 0 radical (unpaired) electrons. The van der Waals surface area contributed by atoms with Gasteiger partial charge >= 0.3 is 0 Å². The number of hydrogen-bond acceptors (Lipinski definition) is 2. The summed E-state index contributed by atoms with van der Waals surface area (Å²) in [5.74, 6) is 0.487. The maximum atomic E-state index is 13.3. The van der Waals surface area contributed by atoms with E-state index in [1.165, 1.54) is 12.1 Å². The largest absolute Gasteiger partial charge is 0.467 e. The molecule has 2 aromatic carbocycles. The first-order valence-corrected chi connectivity index (χ1v) is 8.29. The van der Waals surface area contributed by atoms with Crippen LogP contribution < -0.4 is 0 Å². The van der Waals surface area contributed by atoms with Gasteiger partial charge in [0.25, 0.3) is 0 Å². The fourth-order valence-corrected chi connectivity index (χ4v) is 2.73. The molecule has 3 rings (SSSR count). The van der Waals surface area contributed by atoms with Gasteiger partial charge in [0.05, 0.1) is 12.8 Å². The number of hydrogen-bond donors (Lipinski definition) is 0. The first kappa shape index (κ1) is 17.0. The fourth-order valence-electron chi connectivity index (χ4n) is 2.73. The Bertz CT molecular complexity index is 800. The van der Waals surface area contributed by atoms with Crippen molar-refractivity contribution >= 4 is 5.91 Å². The van der Waals surface area contributed by atoms with Gasteiger partial charge < -0.3 is 9.32 Å². The van der Waals surface area contributed by atoms with E-state index in [1.807, 2.05) is 48.5 Å². The third kappa shape index (κ3) is 5.05. The van der Waals surface area contributed by atoms with Crippen molar-refractivity contribution in [1.29, 1.82) is 0 Å². The Morgan fingerprint density at radius 2 is 1.72 bits per heavy atom. The summed E-state index contributed by atoms with van der Waals surface area (Å²) in [5.41, 5.74) is 1.89. The number of carbonyl (C=O) groups excluding carboxylic acids is 1. The highest BCUT2D eigenvalue weighted by Crippen LogP contribution is 2.14. The van der Waals surface area contributed by atoms with Crippen LogP contribution >= 0.6 is 0 Å². The van der Waals surface area contributed by atoms with Crippen molar-refractivity contribution in [2.75, 3.05) is 0 Å². The molecule has 0 N–H and O–H groups in total. The highest BCUT2D eigenvalue weighted by molar-refractivity contribution is 5.76. The van der Waals surface area contributed by atoms with Crippen molar-refractivity contribution < 1.29 is 13.6 Å². The van der Waals surface area contributed by atoms with Crippen LogP contribution in [0.15, 0.2) is 77.4 Å². The number of halogens is 1. The van der Waals surface area contributed by atoms with Crippen molar-refractivity contribution in [2.24, 2.45) is 0 Å². The molecular formula is C21H20FNO2. The van der Waals surface area contributed by atoms with E-state index in [-0.39, 0.29) is 11.7 Å². The standard InChI is InChI=1S/C21H20FNO2/c22-19-9-4-8-17(14-19)11-12-21(24)23(16-20-10-5-13-25-20)15-18-6-2-1-3-7-18/h1-10,13-14H,11-12,15-16H2. The van der Waals surface area contributed by atoms with Gasteiger partial charge in [0.2, 0.25) is 5.91 Å². The van der Waals surface area contributed by atoms with Crippen LogP contribution in [0.3, 0.4) is 0 Å². The van der Waals surface area contributed by atoms with E-state index in [9.17, 15) is 9.18 Å². The quantitative estimate of drug-likeness (QED) is 0.632. The average Bonchev–Trinajstić information content (AvgIpc) is 3.13. The molecule has 0 bridgehead atoms. The number of amides is 1. The van der Waals surface area contributed by atoms with Crippen LogP contribution in [0, 0.1) is 5.82 Å². The van der Waals surface area contributed by atoms with Crippen LogP contribution in [-0.2, 0) is 24.3 Å². The number of benzene rings is 2. The molecule has 0 atom stereocenters. The molecule has 1 amide bonds. The van der Waals surface area contributed by atoms with E-state index in [2.05, 4.69) is 0 Å².